The standard InChI is InChI=1S/C13H20N4O3S/c1-10(2)16(3)21(19,20)15-11-4-6-12(7-5-11)17-9-8-14-13(17)18/h4-7,10,15H,8-9H2,1-3H3,(H,14,18). The number of benzene rings is 1. The number of hydrogen-bond donors (Lipinski definition) is 2. The van der Waals surface area contributed by atoms with Crippen LogP contribution in [0.2, 0.25) is 0 Å². The molecule has 1 fully saturated rings. The number of carbonyl (C=O) groups excluding carboxylic acids is 1. The Bertz CT molecular complexity index is 613. The second kappa shape index (κ2) is 5.90. The zero-order valence-corrected chi connectivity index (χ0v) is 13.1. The van der Waals surface area contributed by atoms with Crippen LogP contribution in [0, 0.1) is 0 Å². The fourth-order valence-electron chi connectivity index (χ4n) is 1.93. The fourth-order valence-corrected chi connectivity index (χ4v) is 3.06. The van der Waals surface area contributed by atoms with E-state index in [1.54, 1.807) is 43.0 Å². The maximum absolute atomic E-state index is 12.1. The summed E-state index contributed by atoms with van der Waals surface area (Å²) >= 11 is 0. The second-order valence-corrected chi connectivity index (χ2v) is 6.88. The molecule has 1 saturated heterocycles. The summed E-state index contributed by atoms with van der Waals surface area (Å²) in [5, 5.41) is 2.72. The molecule has 1 aliphatic heterocycles. The Kier molecular flexibility index (Phi) is 4.38. The van der Waals surface area contributed by atoms with Gasteiger partial charge in [-0.2, -0.15) is 12.7 Å². The maximum atomic E-state index is 12.1. The Hall–Kier alpha value is -1.80. The second-order valence-electron chi connectivity index (χ2n) is 5.15. The summed E-state index contributed by atoms with van der Waals surface area (Å²) in [6.07, 6.45) is 0. The maximum Gasteiger partial charge on any atom is 0.321 e. The van der Waals surface area contributed by atoms with Crippen molar-refractivity contribution in [1.29, 1.82) is 0 Å². The molecule has 1 aliphatic rings. The van der Waals surface area contributed by atoms with E-state index in [0.717, 1.165) is 5.69 Å². The van der Waals surface area contributed by atoms with Gasteiger partial charge in [0.2, 0.25) is 0 Å². The molecule has 1 heterocycles. The largest absolute Gasteiger partial charge is 0.336 e. The van der Waals surface area contributed by atoms with Crippen LogP contribution in [-0.4, -0.2) is 44.9 Å². The van der Waals surface area contributed by atoms with Crippen molar-refractivity contribution in [3.63, 3.8) is 0 Å². The Balaban J connectivity index is 2.11. The first-order valence-corrected chi connectivity index (χ1v) is 8.16. The molecule has 2 rings (SSSR count). The third kappa shape index (κ3) is 3.45. The highest BCUT2D eigenvalue weighted by atomic mass is 32.2. The molecule has 0 bridgehead atoms. The van der Waals surface area contributed by atoms with E-state index in [0.29, 0.717) is 18.8 Å². The number of urea groups is 1. The van der Waals surface area contributed by atoms with Gasteiger partial charge in [-0.3, -0.25) is 9.62 Å². The predicted molar refractivity (Wildman–Crippen MR) is 82.6 cm³/mol. The highest BCUT2D eigenvalue weighted by Crippen LogP contribution is 2.20. The average Bonchev–Trinajstić information content (AvgIpc) is 2.84. The van der Waals surface area contributed by atoms with Crippen molar-refractivity contribution >= 4 is 27.6 Å². The lowest BCUT2D eigenvalue weighted by Gasteiger charge is -2.22. The van der Waals surface area contributed by atoms with Crippen molar-refractivity contribution < 1.29 is 13.2 Å². The minimum Gasteiger partial charge on any atom is -0.336 e. The first-order valence-electron chi connectivity index (χ1n) is 6.72. The molecule has 0 radical (unpaired) electrons. The molecule has 0 aliphatic carbocycles. The van der Waals surface area contributed by atoms with Crippen LogP contribution in [-0.2, 0) is 10.2 Å². The summed E-state index contributed by atoms with van der Waals surface area (Å²) in [6.45, 7) is 4.83. The van der Waals surface area contributed by atoms with Gasteiger partial charge in [-0.1, -0.05) is 0 Å². The van der Waals surface area contributed by atoms with E-state index in [9.17, 15) is 13.2 Å². The van der Waals surface area contributed by atoms with Crippen LogP contribution in [0.3, 0.4) is 0 Å². The Morgan fingerprint density at radius 2 is 1.90 bits per heavy atom. The summed E-state index contributed by atoms with van der Waals surface area (Å²) < 4.78 is 27.9. The lowest BCUT2D eigenvalue weighted by Crippen LogP contribution is -2.37. The minimum atomic E-state index is -3.56. The van der Waals surface area contributed by atoms with Crippen LogP contribution in [0.15, 0.2) is 24.3 Å². The Morgan fingerprint density at radius 3 is 2.38 bits per heavy atom. The highest BCUT2D eigenvalue weighted by molar-refractivity contribution is 7.90. The molecular formula is C13H20N4O3S. The molecule has 0 unspecified atom stereocenters. The van der Waals surface area contributed by atoms with Crippen molar-refractivity contribution in [2.75, 3.05) is 29.8 Å². The van der Waals surface area contributed by atoms with Crippen LogP contribution in [0.1, 0.15) is 13.8 Å². The van der Waals surface area contributed by atoms with Crippen LogP contribution in [0.4, 0.5) is 16.2 Å². The zero-order valence-electron chi connectivity index (χ0n) is 12.3. The number of hydrogen-bond acceptors (Lipinski definition) is 3. The van der Waals surface area contributed by atoms with Gasteiger partial charge in [0.05, 0.1) is 0 Å². The van der Waals surface area contributed by atoms with Crippen LogP contribution in [0.5, 0.6) is 0 Å². The zero-order chi connectivity index (χ0) is 15.6. The summed E-state index contributed by atoms with van der Waals surface area (Å²) in [5.41, 5.74) is 1.20. The van der Waals surface area contributed by atoms with Crippen LogP contribution in [0.25, 0.3) is 0 Å². The third-order valence-corrected chi connectivity index (χ3v) is 5.06. The summed E-state index contributed by atoms with van der Waals surface area (Å²) in [5.74, 6) is 0. The Morgan fingerprint density at radius 1 is 1.29 bits per heavy atom. The molecule has 0 saturated carbocycles. The van der Waals surface area contributed by atoms with Gasteiger partial charge < -0.3 is 5.32 Å². The van der Waals surface area contributed by atoms with Gasteiger partial charge in [0.1, 0.15) is 0 Å². The number of nitrogens with one attached hydrogen (secondary N) is 2. The molecule has 8 heteroatoms. The molecule has 1 aromatic carbocycles. The molecule has 2 N–H and O–H groups in total. The van der Waals surface area contributed by atoms with Crippen molar-refractivity contribution in [3.8, 4) is 0 Å². The van der Waals surface area contributed by atoms with E-state index in [2.05, 4.69) is 10.0 Å². The molecule has 0 spiro atoms. The molecule has 7 nitrogen and oxygen atoms in total. The number of rotatable bonds is 5. The fraction of sp³-hybridized carbons (Fsp3) is 0.462. The summed E-state index contributed by atoms with van der Waals surface area (Å²) in [6, 6.07) is 6.47. The van der Waals surface area contributed by atoms with Crippen molar-refractivity contribution in [2.24, 2.45) is 0 Å². The molecule has 0 aromatic heterocycles. The summed E-state index contributed by atoms with van der Waals surface area (Å²) in [4.78, 5) is 13.2. The molecule has 2 amide bonds. The molecule has 0 atom stereocenters. The van der Waals surface area contributed by atoms with E-state index >= 15 is 0 Å². The lowest BCUT2D eigenvalue weighted by atomic mass is 10.2. The van der Waals surface area contributed by atoms with Crippen LogP contribution >= 0.6 is 0 Å². The van der Waals surface area contributed by atoms with Gasteiger partial charge in [-0.05, 0) is 38.1 Å². The number of amides is 2. The number of nitrogens with zero attached hydrogens (tertiary/aromatic N) is 2. The minimum absolute atomic E-state index is 0.130. The molecule has 116 valence electrons. The van der Waals surface area contributed by atoms with E-state index in [1.165, 1.54) is 11.4 Å². The Labute approximate surface area is 125 Å². The van der Waals surface area contributed by atoms with E-state index < -0.39 is 10.2 Å². The third-order valence-electron chi connectivity index (χ3n) is 3.39. The smallest absolute Gasteiger partial charge is 0.321 e. The SMILES string of the molecule is CC(C)N(C)S(=O)(=O)Nc1ccc(N2CCNC2=O)cc1. The lowest BCUT2D eigenvalue weighted by molar-refractivity contribution is 0.252. The molecule has 21 heavy (non-hydrogen) atoms. The highest BCUT2D eigenvalue weighted by Gasteiger charge is 2.22. The van der Waals surface area contributed by atoms with E-state index in [4.69, 9.17) is 0 Å². The number of anilines is 2. The van der Waals surface area contributed by atoms with Crippen molar-refractivity contribution in [2.45, 2.75) is 19.9 Å². The van der Waals surface area contributed by atoms with Gasteiger partial charge in [0.15, 0.2) is 0 Å². The van der Waals surface area contributed by atoms with Crippen LogP contribution < -0.4 is 14.9 Å². The van der Waals surface area contributed by atoms with E-state index in [1.807, 2.05) is 0 Å². The first kappa shape index (κ1) is 15.6. The molecular weight excluding hydrogens is 292 g/mol. The summed E-state index contributed by atoms with van der Waals surface area (Å²) in [7, 11) is -2.04. The average molecular weight is 312 g/mol. The predicted octanol–water partition coefficient (Wildman–Crippen LogP) is 1.21. The van der Waals surface area contributed by atoms with Crippen molar-refractivity contribution in [3.05, 3.63) is 24.3 Å². The van der Waals surface area contributed by atoms with Gasteiger partial charge >= 0.3 is 16.2 Å². The van der Waals surface area contributed by atoms with Gasteiger partial charge in [0.25, 0.3) is 0 Å². The van der Waals surface area contributed by atoms with Crippen molar-refractivity contribution in [1.82, 2.24) is 9.62 Å². The van der Waals surface area contributed by atoms with Gasteiger partial charge in [-0.15, -0.1) is 0 Å². The van der Waals surface area contributed by atoms with Gasteiger partial charge in [0, 0.05) is 37.6 Å². The van der Waals surface area contributed by atoms with Gasteiger partial charge in [-0.25, -0.2) is 4.79 Å². The molecule has 1 aromatic rings. The first-order chi connectivity index (χ1) is 9.81. The topological polar surface area (TPSA) is 81.8 Å². The quantitative estimate of drug-likeness (QED) is 0.857. The number of carbonyl (C=O) groups is 1. The normalized spacial score (nSPS) is 15.7. The monoisotopic (exact) mass is 312 g/mol. The van der Waals surface area contributed by atoms with E-state index in [-0.39, 0.29) is 12.1 Å².